The fourth-order valence-corrected chi connectivity index (χ4v) is 1.58. The number of benzene rings is 1. The van der Waals surface area contributed by atoms with Gasteiger partial charge in [-0.2, -0.15) is 0 Å². The molecule has 0 radical (unpaired) electrons. The first kappa shape index (κ1) is 16.7. The minimum Gasteiger partial charge on any atom is -0.508 e. The zero-order chi connectivity index (χ0) is 16.2. The van der Waals surface area contributed by atoms with E-state index in [0.717, 1.165) is 12.1 Å². The Morgan fingerprint density at radius 3 is 2.48 bits per heavy atom. The molecule has 1 aromatic carbocycles. The fraction of sp³-hybridized carbons (Fsp3) is 0.429. The highest BCUT2D eigenvalue weighted by molar-refractivity contribution is 5.80. The van der Waals surface area contributed by atoms with Crippen LogP contribution in [-0.4, -0.2) is 33.9 Å². The van der Waals surface area contributed by atoms with E-state index in [1.165, 1.54) is 6.07 Å². The zero-order valence-electron chi connectivity index (χ0n) is 12.0. The molecule has 0 aliphatic rings. The second-order valence-electron chi connectivity index (χ2n) is 5.51. The normalized spacial score (nSPS) is 12.6. The number of ether oxygens (including phenoxy) is 1. The van der Waals surface area contributed by atoms with Crippen molar-refractivity contribution >= 4 is 12.1 Å². The van der Waals surface area contributed by atoms with Crippen molar-refractivity contribution in [2.75, 3.05) is 0 Å². The lowest BCUT2D eigenvalue weighted by atomic mass is 10.0. The van der Waals surface area contributed by atoms with Crippen LogP contribution in [0, 0.1) is 5.82 Å². The number of halogens is 1. The summed E-state index contributed by atoms with van der Waals surface area (Å²) in [4.78, 5) is 22.7. The lowest BCUT2D eigenvalue weighted by molar-refractivity contribution is -0.139. The van der Waals surface area contributed by atoms with Gasteiger partial charge in [0.1, 0.15) is 23.2 Å². The topological polar surface area (TPSA) is 95.9 Å². The van der Waals surface area contributed by atoms with Crippen LogP contribution >= 0.6 is 0 Å². The number of nitrogens with one attached hydrogen (secondary N) is 1. The molecule has 3 N–H and O–H groups in total. The number of carboxylic acids is 1. The maximum Gasteiger partial charge on any atom is 0.408 e. The third-order valence-corrected chi connectivity index (χ3v) is 2.46. The lowest BCUT2D eigenvalue weighted by Crippen LogP contribution is -2.44. The van der Waals surface area contributed by atoms with E-state index < -0.39 is 29.5 Å². The second kappa shape index (κ2) is 6.43. The summed E-state index contributed by atoms with van der Waals surface area (Å²) in [6.07, 6.45) is -1.07. The first-order chi connectivity index (χ1) is 9.58. The Morgan fingerprint density at radius 1 is 1.38 bits per heavy atom. The van der Waals surface area contributed by atoms with Crippen molar-refractivity contribution in [3.63, 3.8) is 0 Å². The minimum absolute atomic E-state index is 0.194. The number of carbonyl (C=O) groups is 2. The molecule has 0 saturated carbocycles. The van der Waals surface area contributed by atoms with Gasteiger partial charge in [0.25, 0.3) is 0 Å². The third-order valence-electron chi connectivity index (χ3n) is 2.46. The van der Waals surface area contributed by atoms with Crippen molar-refractivity contribution in [1.82, 2.24) is 5.32 Å². The Kier molecular flexibility index (Phi) is 5.12. The van der Waals surface area contributed by atoms with Gasteiger partial charge in [0.15, 0.2) is 0 Å². The van der Waals surface area contributed by atoms with Crippen molar-refractivity contribution in [3.05, 3.63) is 29.6 Å². The maximum absolute atomic E-state index is 12.9. The van der Waals surface area contributed by atoms with Gasteiger partial charge in [-0.15, -0.1) is 0 Å². The first-order valence-corrected chi connectivity index (χ1v) is 6.28. The Labute approximate surface area is 121 Å². The second-order valence-corrected chi connectivity index (χ2v) is 5.51. The summed E-state index contributed by atoms with van der Waals surface area (Å²) in [6.45, 7) is 4.94. The van der Waals surface area contributed by atoms with E-state index in [1.54, 1.807) is 20.8 Å². The quantitative estimate of drug-likeness (QED) is 0.790. The Bertz CT molecular complexity index is 539. The Morgan fingerprint density at radius 2 is 2.00 bits per heavy atom. The van der Waals surface area contributed by atoms with Gasteiger partial charge >= 0.3 is 12.1 Å². The molecule has 0 aliphatic heterocycles. The van der Waals surface area contributed by atoms with Crippen molar-refractivity contribution < 1.29 is 28.9 Å². The molecular weight excluding hydrogens is 281 g/mol. The van der Waals surface area contributed by atoms with Crippen molar-refractivity contribution in [2.24, 2.45) is 0 Å². The molecule has 0 aromatic heterocycles. The van der Waals surface area contributed by atoms with E-state index in [4.69, 9.17) is 9.84 Å². The predicted octanol–water partition coefficient (Wildman–Crippen LogP) is 2.05. The van der Waals surface area contributed by atoms with Gasteiger partial charge in [-0.3, -0.25) is 0 Å². The number of carboxylic acid groups (broad SMARTS) is 1. The number of hydrogen-bond acceptors (Lipinski definition) is 4. The van der Waals surface area contributed by atoms with E-state index in [2.05, 4.69) is 5.32 Å². The van der Waals surface area contributed by atoms with E-state index in [9.17, 15) is 19.1 Å². The Hall–Kier alpha value is -2.31. The van der Waals surface area contributed by atoms with Gasteiger partial charge in [-0.05, 0) is 32.4 Å². The smallest absolute Gasteiger partial charge is 0.408 e. The number of phenolic OH excluding ortho intramolecular Hbond substituents is 1. The molecular formula is C14H18FNO5. The zero-order valence-corrected chi connectivity index (χ0v) is 12.0. The molecule has 7 heteroatoms. The standard InChI is InChI=1S/C14H18FNO5/c1-14(2,3)21-13(20)16-10(12(18)19)6-8-4-5-9(15)7-11(8)17/h4-5,7,10,17H,6H2,1-3H3,(H,16,20)(H,18,19)/t10-/m0/s1. The van der Waals surface area contributed by atoms with E-state index in [-0.39, 0.29) is 17.7 Å². The highest BCUT2D eigenvalue weighted by Gasteiger charge is 2.25. The molecule has 1 amide bonds. The number of hydrogen-bond donors (Lipinski definition) is 3. The van der Waals surface area contributed by atoms with Crippen LogP contribution in [0.25, 0.3) is 0 Å². The van der Waals surface area contributed by atoms with Crippen LogP contribution < -0.4 is 5.32 Å². The summed E-state index contributed by atoms with van der Waals surface area (Å²) in [5, 5.41) is 20.9. The number of alkyl carbamates (subject to hydrolysis) is 1. The van der Waals surface area contributed by atoms with E-state index in [1.807, 2.05) is 0 Å². The first-order valence-electron chi connectivity index (χ1n) is 6.28. The molecule has 1 atom stereocenters. The van der Waals surface area contributed by atoms with Crippen LogP contribution in [0.1, 0.15) is 26.3 Å². The summed E-state index contributed by atoms with van der Waals surface area (Å²) < 4.78 is 17.8. The van der Waals surface area contributed by atoms with E-state index in [0.29, 0.717) is 0 Å². The molecule has 1 rings (SSSR count). The van der Waals surface area contributed by atoms with Crippen LogP contribution in [-0.2, 0) is 16.0 Å². The van der Waals surface area contributed by atoms with Crippen molar-refractivity contribution in [1.29, 1.82) is 0 Å². The maximum atomic E-state index is 12.9. The number of phenols is 1. The molecule has 0 unspecified atom stereocenters. The molecule has 0 fully saturated rings. The van der Waals surface area contributed by atoms with Gasteiger partial charge in [0, 0.05) is 12.5 Å². The molecule has 0 aliphatic carbocycles. The van der Waals surface area contributed by atoms with Crippen LogP contribution in [0.5, 0.6) is 5.75 Å². The monoisotopic (exact) mass is 299 g/mol. The van der Waals surface area contributed by atoms with Crippen LogP contribution in [0.3, 0.4) is 0 Å². The summed E-state index contributed by atoms with van der Waals surface area (Å²) in [5.41, 5.74) is -0.551. The summed E-state index contributed by atoms with van der Waals surface area (Å²) >= 11 is 0. The molecule has 0 saturated heterocycles. The van der Waals surface area contributed by atoms with Crippen LogP contribution in [0.15, 0.2) is 18.2 Å². The lowest BCUT2D eigenvalue weighted by Gasteiger charge is -2.22. The van der Waals surface area contributed by atoms with Gasteiger partial charge in [-0.1, -0.05) is 6.07 Å². The summed E-state index contributed by atoms with van der Waals surface area (Å²) in [5.74, 6) is -2.29. The van der Waals surface area contributed by atoms with Crippen LogP contribution in [0.4, 0.5) is 9.18 Å². The Balaban J connectivity index is 2.79. The summed E-state index contributed by atoms with van der Waals surface area (Å²) in [7, 11) is 0. The van der Waals surface area contributed by atoms with Gasteiger partial charge in [0.2, 0.25) is 0 Å². The number of amides is 1. The molecule has 21 heavy (non-hydrogen) atoms. The number of aromatic hydroxyl groups is 1. The SMILES string of the molecule is CC(C)(C)OC(=O)N[C@@H](Cc1ccc(F)cc1O)C(=O)O. The average molecular weight is 299 g/mol. The van der Waals surface area contributed by atoms with Gasteiger partial charge < -0.3 is 20.3 Å². The van der Waals surface area contributed by atoms with Gasteiger partial charge in [0.05, 0.1) is 0 Å². The minimum atomic E-state index is -1.30. The molecule has 116 valence electrons. The predicted molar refractivity (Wildman–Crippen MR) is 72.6 cm³/mol. The number of rotatable bonds is 4. The molecule has 0 heterocycles. The van der Waals surface area contributed by atoms with Gasteiger partial charge in [-0.25, -0.2) is 14.0 Å². The number of carbonyl (C=O) groups excluding carboxylic acids is 1. The third kappa shape index (κ3) is 5.68. The van der Waals surface area contributed by atoms with Crippen LogP contribution in [0.2, 0.25) is 0 Å². The molecule has 0 bridgehead atoms. The van der Waals surface area contributed by atoms with Crippen molar-refractivity contribution in [3.8, 4) is 5.75 Å². The van der Waals surface area contributed by atoms with E-state index >= 15 is 0 Å². The number of aliphatic carboxylic acids is 1. The van der Waals surface area contributed by atoms with Crippen molar-refractivity contribution in [2.45, 2.75) is 38.8 Å². The summed E-state index contributed by atoms with van der Waals surface area (Å²) in [6, 6.07) is 1.94. The largest absolute Gasteiger partial charge is 0.508 e. The molecule has 1 aromatic rings. The molecule has 0 spiro atoms. The fourth-order valence-electron chi connectivity index (χ4n) is 1.58. The molecule has 6 nitrogen and oxygen atoms in total. The highest BCUT2D eigenvalue weighted by atomic mass is 19.1. The highest BCUT2D eigenvalue weighted by Crippen LogP contribution is 2.20. The average Bonchev–Trinajstić information content (AvgIpc) is 2.28.